The Kier molecular flexibility index (Phi) is 4.54. The van der Waals surface area contributed by atoms with Crippen molar-refractivity contribution >= 4 is 24.4 Å². The van der Waals surface area contributed by atoms with Gasteiger partial charge in [0, 0.05) is 0 Å². The van der Waals surface area contributed by atoms with Crippen molar-refractivity contribution in [2.24, 2.45) is 0 Å². The van der Waals surface area contributed by atoms with Crippen LogP contribution in [0.5, 0.6) is 0 Å². The lowest BCUT2D eigenvalue weighted by molar-refractivity contribution is 0.0714. The fourth-order valence-corrected chi connectivity index (χ4v) is 2.78. The average molecular weight is 302 g/mol. The molecule has 0 saturated carbocycles. The lowest BCUT2D eigenvalue weighted by atomic mass is 10.2. The highest BCUT2D eigenvalue weighted by Gasteiger charge is 2.33. The Morgan fingerprint density at radius 2 is 1.79 bits per heavy atom. The van der Waals surface area contributed by atoms with Gasteiger partial charge in [0.1, 0.15) is 4.90 Å². The highest BCUT2D eigenvalue weighted by atomic mass is 32.2. The van der Waals surface area contributed by atoms with Gasteiger partial charge in [0.15, 0.2) is 0 Å². The van der Waals surface area contributed by atoms with Gasteiger partial charge in [-0.15, -0.1) is 0 Å². The number of carbonyl (C=O) groups excluding carboxylic acids is 1. The van der Waals surface area contributed by atoms with Crippen LogP contribution in [0.3, 0.4) is 0 Å². The largest absolute Gasteiger partial charge is 0.516 e. The van der Waals surface area contributed by atoms with E-state index in [2.05, 4.69) is 0 Å². The molecule has 0 unspecified atom stereocenters. The van der Waals surface area contributed by atoms with Crippen molar-refractivity contribution in [1.82, 2.24) is 0 Å². The second-order valence-electron chi connectivity index (χ2n) is 5.12. The van der Waals surface area contributed by atoms with E-state index < -0.39 is 29.3 Å². The van der Waals surface area contributed by atoms with E-state index in [0.29, 0.717) is 0 Å². The molecule has 0 bridgehead atoms. The molecule has 0 aliphatic rings. The first-order chi connectivity index (χ1) is 8.55. The molecular weight excluding hydrogens is 284 g/mol. The van der Waals surface area contributed by atoms with Crippen LogP contribution in [0.4, 0.5) is 0 Å². The first kappa shape index (κ1) is 15.9. The Balaban J connectivity index is 3.16. The molecule has 0 atom stereocenters. The molecular formula is C12H18O5SSi. The van der Waals surface area contributed by atoms with Crippen LogP contribution in [0.15, 0.2) is 29.2 Å². The summed E-state index contributed by atoms with van der Waals surface area (Å²) in [5.41, 5.74) is 0.0700. The molecule has 0 heterocycles. The smallest absolute Gasteiger partial charge is 0.326 e. The first-order valence-electron chi connectivity index (χ1n) is 5.85. The van der Waals surface area contributed by atoms with Gasteiger partial charge in [-0.25, -0.2) is 4.79 Å². The zero-order chi connectivity index (χ0) is 14.8. The maximum absolute atomic E-state index is 12.1. The van der Waals surface area contributed by atoms with E-state index in [9.17, 15) is 13.2 Å². The lowest BCUT2D eigenvalue weighted by Gasteiger charge is -2.26. The summed E-state index contributed by atoms with van der Waals surface area (Å²) < 4.78 is 37.0. The van der Waals surface area contributed by atoms with Crippen LogP contribution >= 0.6 is 0 Å². The Hall–Kier alpha value is -1.18. The fraction of sp³-hybridized carbons (Fsp3) is 0.417. The molecule has 19 heavy (non-hydrogen) atoms. The van der Waals surface area contributed by atoms with E-state index in [1.54, 1.807) is 0 Å². The van der Waals surface area contributed by atoms with Gasteiger partial charge in [-0.05, 0) is 30.8 Å². The van der Waals surface area contributed by atoms with Gasteiger partial charge in [-0.1, -0.05) is 26.0 Å². The third-order valence-electron chi connectivity index (χ3n) is 3.13. The minimum Gasteiger partial charge on any atom is -0.516 e. The molecule has 0 spiro atoms. The number of hydrogen-bond donors (Lipinski definition) is 1. The molecule has 7 heteroatoms. The van der Waals surface area contributed by atoms with E-state index in [-0.39, 0.29) is 11.1 Å². The lowest BCUT2D eigenvalue weighted by Crippen LogP contribution is -2.36. The van der Waals surface area contributed by atoms with Gasteiger partial charge in [0.25, 0.3) is 18.4 Å². The third-order valence-corrected chi connectivity index (χ3v) is 7.54. The number of benzene rings is 1. The van der Waals surface area contributed by atoms with Gasteiger partial charge in [-0.3, -0.25) is 4.55 Å². The van der Waals surface area contributed by atoms with Gasteiger partial charge >= 0.3 is 5.97 Å². The summed E-state index contributed by atoms with van der Waals surface area (Å²) in [6.07, 6.45) is 0. The highest BCUT2D eigenvalue weighted by molar-refractivity contribution is 7.86. The van der Waals surface area contributed by atoms with Crippen LogP contribution in [0.25, 0.3) is 0 Å². The van der Waals surface area contributed by atoms with E-state index in [4.69, 9.17) is 8.98 Å². The molecule has 1 rings (SSSR count). The Morgan fingerprint density at radius 1 is 1.26 bits per heavy atom. The number of rotatable bonds is 4. The van der Waals surface area contributed by atoms with Crippen LogP contribution in [0.1, 0.15) is 24.2 Å². The molecule has 0 amide bonds. The molecule has 0 aliphatic heterocycles. The maximum atomic E-state index is 12.1. The SMILES string of the molecule is CC(C)[Si](C)(C)OC(=O)c1ccccc1S(=O)(=O)O. The predicted octanol–water partition coefficient (Wildman–Crippen LogP) is 2.71. The van der Waals surface area contributed by atoms with Crippen LogP contribution in [0, 0.1) is 0 Å². The fourth-order valence-electron chi connectivity index (χ4n) is 1.27. The van der Waals surface area contributed by atoms with E-state index in [0.717, 1.165) is 0 Å². The monoisotopic (exact) mass is 302 g/mol. The second kappa shape index (κ2) is 5.44. The summed E-state index contributed by atoms with van der Waals surface area (Å²) >= 11 is 0. The minimum atomic E-state index is -4.44. The summed E-state index contributed by atoms with van der Waals surface area (Å²) in [6.45, 7) is 7.67. The average Bonchev–Trinajstić information content (AvgIpc) is 2.27. The standard InChI is InChI=1S/C12H18O5SSi/c1-9(2)19(3,4)17-12(13)10-7-5-6-8-11(10)18(14,15)16/h5-9H,1-4H3,(H,14,15,16). The molecule has 0 aliphatic carbocycles. The van der Waals surface area contributed by atoms with Gasteiger partial charge in [0.05, 0.1) is 5.56 Å². The summed E-state index contributed by atoms with van der Waals surface area (Å²) in [4.78, 5) is 11.6. The van der Waals surface area contributed by atoms with Crippen molar-refractivity contribution in [2.75, 3.05) is 0 Å². The molecule has 1 aromatic carbocycles. The van der Waals surface area contributed by atoms with Crippen LogP contribution in [0.2, 0.25) is 18.6 Å². The van der Waals surface area contributed by atoms with E-state index in [1.807, 2.05) is 26.9 Å². The second-order valence-corrected chi connectivity index (χ2v) is 11.1. The van der Waals surface area contributed by atoms with Gasteiger partial charge in [-0.2, -0.15) is 8.42 Å². The first-order valence-corrected chi connectivity index (χ1v) is 10.3. The number of carbonyl (C=O) groups is 1. The topological polar surface area (TPSA) is 80.7 Å². The summed E-state index contributed by atoms with van der Waals surface area (Å²) in [7, 11) is -6.67. The quantitative estimate of drug-likeness (QED) is 0.683. The zero-order valence-corrected chi connectivity index (χ0v) is 13.2. The molecule has 0 radical (unpaired) electrons. The van der Waals surface area contributed by atoms with E-state index >= 15 is 0 Å². The molecule has 0 saturated heterocycles. The highest BCUT2D eigenvalue weighted by Crippen LogP contribution is 2.24. The number of hydrogen-bond acceptors (Lipinski definition) is 4. The Morgan fingerprint density at radius 3 is 2.26 bits per heavy atom. The molecule has 0 fully saturated rings. The minimum absolute atomic E-state index is 0.133. The molecule has 106 valence electrons. The predicted molar refractivity (Wildman–Crippen MR) is 74.3 cm³/mol. The zero-order valence-electron chi connectivity index (χ0n) is 11.4. The maximum Gasteiger partial charge on any atom is 0.326 e. The van der Waals surface area contributed by atoms with Crippen molar-refractivity contribution in [3.8, 4) is 0 Å². The Labute approximate surface area is 114 Å². The van der Waals surface area contributed by atoms with Crippen LogP contribution in [-0.4, -0.2) is 27.3 Å². The van der Waals surface area contributed by atoms with Crippen molar-refractivity contribution in [3.63, 3.8) is 0 Å². The van der Waals surface area contributed by atoms with Crippen molar-refractivity contribution < 1.29 is 22.2 Å². The Bertz CT molecular complexity index is 578. The normalized spacial score (nSPS) is 12.5. The van der Waals surface area contributed by atoms with Crippen molar-refractivity contribution in [2.45, 2.75) is 37.4 Å². The van der Waals surface area contributed by atoms with Gasteiger partial charge < -0.3 is 4.43 Å². The van der Waals surface area contributed by atoms with Gasteiger partial charge in [0.2, 0.25) is 0 Å². The van der Waals surface area contributed by atoms with Crippen LogP contribution in [-0.2, 0) is 14.5 Å². The van der Waals surface area contributed by atoms with Crippen molar-refractivity contribution in [1.29, 1.82) is 0 Å². The molecule has 1 N–H and O–H groups in total. The molecule has 1 aromatic rings. The van der Waals surface area contributed by atoms with E-state index in [1.165, 1.54) is 24.3 Å². The third kappa shape index (κ3) is 3.89. The van der Waals surface area contributed by atoms with Crippen LogP contribution < -0.4 is 0 Å². The summed E-state index contributed by atoms with van der Waals surface area (Å²) in [5, 5.41) is 0. The summed E-state index contributed by atoms with van der Waals surface area (Å²) in [5.74, 6) is -0.710. The molecule has 0 aromatic heterocycles. The summed E-state index contributed by atoms with van der Waals surface area (Å²) in [6, 6.07) is 5.46. The van der Waals surface area contributed by atoms with Crippen molar-refractivity contribution in [3.05, 3.63) is 29.8 Å². The molecule has 5 nitrogen and oxygen atoms in total.